The van der Waals surface area contributed by atoms with E-state index >= 15 is 0 Å². The minimum atomic E-state index is -0.0811. The summed E-state index contributed by atoms with van der Waals surface area (Å²) in [4.78, 5) is 12.5. The molecule has 0 aliphatic carbocycles. The van der Waals surface area contributed by atoms with Gasteiger partial charge in [-0.05, 0) is 43.0 Å². The van der Waals surface area contributed by atoms with Crippen molar-refractivity contribution in [2.45, 2.75) is 39.5 Å². The van der Waals surface area contributed by atoms with E-state index < -0.39 is 0 Å². The smallest absolute Gasteiger partial charge is 0.230 e. The molecule has 1 aromatic heterocycles. The van der Waals surface area contributed by atoms with Crippen LogP contribution in [0.15, 0.2) is 47.0 Å². The van der Waals surface area contributed by atoms with E-state index in [2.05, 4.69) is 30.4 Å². The van der Waals surface area contributed by atoms with Crippen molar-refractivity contribution in [3.63, 3.8) is 0 Å². The molecule has 2 aromatic carbocycles. The summed E-state index contributed by atoms with van der Waals surface area (Å²) in [6.07, 6.45) is 1.23. The zero-order valence-corrected chi connectivity index (χ0v) is 14.3. The van der Waals surface area contributed by atoms with Crippen LogP contribution in [0.25, 0.3) is 11.0 Å². The van der Waals surface area contributed by atoms with Gasteiger partial charge in [0.15, 0.2) is 5.58 Å². The van der Waals surface area contributed by atoms with E-state index in [0.29, 0.717) is 17.2 Å². The van der Waals surface area contributed by atoms with E-state index in [1.807, 2.05) is 43.3 Å². The van der Waals surface area contributed by atoms with Gasteiger partial charge in [0.1, 0.15) is 5.69 Å². The molecule has 1 amide bonds. The van der Waals surface area contributed by atoms with E-state index in [9.17, 15) is 4.79 Å². The summed E-state index contributed by atoms with van der Waals surface area (Å²) in [6.45, 7) is 6.32. The molecule has 0 saturated heterocycles. The van der Waals surface area contributed by atoms with Gasteiger partial charge in [0.2, 0.25) is 5.91 Å². The van der Waals surface area contributed by atoms with Gasteiger partial charge in [-0.3, -0.25) is 4.79 Å². The Balaban J connectivity index is 1.80. The van der Waals surface area contributed by atoms with Gasteiger partial charge in [-0.2, -0.15) is 0 Å². The zero-order valence-electron chi connectivity index (χ0n) is 14.3. The molecule has 0 fully saturated rings. The molecule has 1 atom stereocenters. The molecular weight excluding hydrogens is 300 g/mol. The van der Waals surface area contributed by atoms with Crippen LogP contribution in [-0.2, 0) is 11.2 Å². The van der Waals surface area contributed by atoms with Gasteiger partial charge in [0.25, 0.3) is 0 Å². The van der Waals surface area contributed by atoms with Crippen LogP contribution in [0, 0.1) is 6.92 Å². The fraction of sp³-hybridized carbons (Fsp3) is 0.300. The first-order valence-electron chi connectivity index (χ1n) is 8.32. The van der Waals surface area contributed by atoms with Crippen LogP contribution in [0.5, 0.6) is 0 Å². The summed E-state index contributed by atoms with van der Waals surface area (Å²) < 4.78 is 5.30. The highest BCUT2D eigenvalue weighted by Crippen LogP contribution is 2.27. The van der Waals surface area contributed by atoms with Crippen molar-refractivity contribution >= 4 is 22.6 Å². The van der Waals surface area contributed by atoms with E-state index in [-0.39, 0.29) is 12.3 Å². The Morgan fingerprint density at radius 1 is 1.25 bits per heavy atom. The Labute approximate surface area is 141 Å². The number of carbonyl (C=O) groups is 1. The molecule has 1 N–H and O–H groups in total. The van der Waals surface area contributed by atoms with E-state index in [4.69, 9.17) is 4.52 Å². The molecule has 0 aliphatic heterocycles. The largest absolute Gasteiger partial charge is 0.356 e. The predicted molar refractivity (Wildman–Crippen MR) is 96.2 cm³/mol. The number of nitrogens with one attached hydrogen (secondary N) is 1. The van der Waals surface area contributed by atoms with Crippen molar-refractivity contribution in [3.05, 3.63) is 59.3 Å². The maximum atomic E-state index is 12.5. The third-order valence-corrected chi connectivity index (χ3v) is 4.41. The molecule has 3 aromatic rings. The van der Waals surface area contributed by atoms with Crippen LogP contribution < -0.4 is 5.32 Å². The zero-order chi connectivity index (χ0) is 17.1. The van der Waals surface area contributed by atoms with E-state index in [1.165, 1.54) is 0 Å². The maximum absolute atomic E-state index is 12.5. The van der Waals surface area contributed by atoms with Crippen LogP contribution in [0.4, 0.5) is 5.69 Å². The van der Waals surface area contributed by atoms with Crippen LogP contribution in [0.3, 0.4) is 0 Å². The standard InChI is InChI=1S/C20H22N2O2/c1-4-14(3)15-7-5-6-8-17(15)21-20(23)12-18-16-11-13(2)9-10-19(16)24-22-18/h5-11,14H,4,12H2,1-3H3,(H,21,23). The molecule has 4 nitrogen and oxygen atoms in total. The summed E-state index contributed by atoms with van der Waals surface area (Å²) in [5, 5.41) is 7.98. The lowest BCUT2D eigenvalue weighted by molar-refractivity contribution is -0.115. The summed E-state index contributed by atoms with van der Waals surface area (Å²) in [7, 11) is 0. The summed E-state index contributed by atoms with van der Waals surface area (Å²) in [6, 6.07) is 13.8. The Kier molecular flexibility index (Phi) is 4.65. The van der Waals surface area contributed by atoms with Gasteiger partial charge >= 0.3 is 0 Å². The lowest BCUT2D eigenvalue weighted by Gasteiger charge is -2.15. The average Bonchev–Trinajstić information content (AvgIpc) is 2.96. The number of rotatable bonds is 5. The van der Waals surface area contributed by atoms with Crippen molar-refractivity contribution < 1.29 is 9.32 Å². The monoisotopic (exact) mass is 322 g/mol. The molecule has 4 heteroatoms. The van der Waals surface area contributed by atoms with Crippen molar-refractivity contribution in [1.29, 1.82) is 0 Å². The maximum Gasteiger partial charge on any atom is 0.230 e. The van der Waals surface area contributed by atoms with Gasteiger partial charge in [0.05, 0.1) is 6.42 Å². The number of amides is 1. The first kappa shape index (κ1) is 16.2. The highest BCUT2D eigenvalue weighted by atomic mass is 16.5. The molecule has 3 rings (SSSR count). The Bertz CT molecular complexity index is 867. The molecular formula is C20H22N2O2. The van der Waals surface area contributed by atoms with Crippen molar-refractivity contribution in [3.8, 4) is 0 Å². The normalized spacial score (nSPS) is 12.3. The number of aromatic nitrogens is 1. The third kappa shape index (κ3) is 3.32. The number of hydrogen-bond acceptors (Lipinski definition) is 3. The molecule has 0 aliphatic rings. The summed E-state index contributed by atoms with van der Waals surface area (Å²) >= 11 is 0. The second-order valence-corrected chi connectivity index (χ2v) is 6.25. The van der Waals surface area contributed by atoms with Crippen LogP contribution >= 0.6 is 0 Å². The first-order valence-corrected chi connectivity index (χ1v) is 8.32. The molecule has 1 unspecified atom stereocenters. The van der Waals surface area contributed by atoms with Crippen LogP contribution in [0.1, 0.15) is 43.0 Å². The Morgan fingerprint density at radius 3 is 2.83 bits per heavy atom. The number of carbonyl (C=O) groups excluding carboxylic acids is 1. The Morgan fingerprint density at radius 2 is 2.04 bits per heavy atom. The highest BCUT2D eigenvalue weighted by molar-refractivity contribution is 5.95. The topological polar surface area (TPSA) is 55.1 Å². The SMILES string of the molecule is CCC(C)c1ccccc1NC(=O)Cc1noc2ccc(C)cc12. The number of para-hydroxylation sites is 1. The minimum Gasteiger partial charge on any atom is -0.356 e. The number of benzene rings is 2. The van der Waals surface area contributed by atoms with Gasteiger partial charge in [0, 0.05) is 11.1 Å². The molecule has 0 spiro atoms. The van der Waals surface area contributed by atoms with Crippen LogP contribution in [-0.4, -0.2) is 11.1 Å². The van der Waals surface area contributed by atoms with Gasteiger partial charge < -0.3 is 9.84 Å². The third-order valence-electron chi connectivity index (χ3n) is 4.41. The molecule has 24 heavy (non-hydrogen) atoms. The minimum absolute atomic E-state index is 0.0811. The van der Waals surface area contributed by atoms with Crippen molar-refractivity contribution in [2.24, 2.45) is 0 Å². The fourth-order valence-electron chi connectivity index (χ4n) is 2.84. The van der Waals surface area contributed by atoms with E-state index in [0.717, 1.165) is 28.6 Å². The predicted octanol–water partition coefficient (Wildman–Crippen LogP) is 4.83. The fourth-order valence-corrected chi connectivity index (χ4v) is 2.84. The lowest BCUT2D eigenvalue weighted by atomic mass is 9.97. The molecule has 124 valence electrons. The van der Waals surface area contributed by atoms with Crippen molar-refractivity contribution in [1.82, 2.24) is 5.16 Å². The number of anilines is 1. The van der Waals surface area contributed by atoms with Crippen molar-refractivity contribution in [2.75, 3.05) is 5.32 Å². The van der Waals surface area contributed by atoms with Crippen LogP contribution in [0.2, 0.25) is 0 Å². The molecule has 0 saturated carbocycles. The second-order valence-electron chi connectivity index (χ2n) is 6.25. The van der Waals surface area contributed by atoms with Gasteiger partial charge in [-0.1, -0.05) is 48.8 Å². The molecule has 1 heterocycles. The summed E-state index contributed by atoms with van der Waals surface area (Å²) in [5.74, 6) is 0.319. The number of aryl methyl sites for hydroxylation is 1. The van der Waals surface area contributed by atoms with Gasteiger partial charge in [-0.15, -0.1) is 0 Å². The lowest BCUT2D eigenvalue weighted by Crippen LogP contribution is -2.16. The highest BCUT2D eigenvalue weighted by Gasteiger charge is 2.15. The second kappa shape index (κ2) is 6.87. The average molecular weight is 322 g/mol. The van der Waals surface area contributed by atoms with E-state index in [1.54, 1.807) is 0 Å². The Hall–Kier alpha value is -2.62. The molecule has 0 bridgehead atoms. The number of fused-ring (bicyclic) bond motifs is 1. The quantitative estimate of drug-likeness (QED) is 0.732. The summed E-state index contributed by atoms with van der Waals surface area (Å²) in [5.41, 5.74) is 4.54. The number of nitrogens with zero attached hydrogens (tertiary/aromatic N) is 1. The number of hydrogen-bond donors (Lipinski definition) is 1. The molecule has 0 radical (unpaired) electrons. The first-order chi connectivity index (χ1) is 11.6. The van der Waals surface area contributed by atoms with Gasteiger partial charge in [-0.25, -0.2) is 0 Å².